The Labute approximate surface area is 213 Å². The summed E-state index contributed by atoms with van der Waals surface area (Å²) >= 11 is 1.29. The normalized spacial score (nSPS) is 11.5. The average Bonchev–Trinajstić information content (AvgIpc) is 3.30. The van der Waals surface area contributed by atoms with Crippen molar-refractivity contribution in [3.05, 3.63) is 93.8 Å². The van der Waals surface area contributed by atoms with Crippen LogP contribution < -0.4 is 10.9 Å². The number of anilines is 1. The molecule has 3 aromatic carbocycles. The number of nitrogens with one attached hydrogen (secondary N) is 1. The van der Waals surface area contributed by atoms with Crippen LogP contribution >= 0.6 is 11.8 Å². The third kappa shape index (κ3) is 4.18. The predicted molar refractivity (Wildman–Crippen MR) is 145 cm³/mol. The van der Waals surface area contributed by atoms with Crippen molar-refractivity contribution in [3.63, 3.8) is 0 Å². The number of carbonyl (C=O) groups is 1. The third-order valence-electron chi connectivity index (χ3n) is 6.41. The average molecular weight is 498 g/mol. The van der Waals surface area contributed by atoms with Gasteiger partial charge in [0.1, 0.15) is 0 Å². The van der Waals surface area contributed by atoms with Crippen molar-refractivity contribution in [2.24, 2.45) is 0 Å². The SMILES string of the molecule is Cc1cccc(NC(=O)CSc2nnc3n(-c4ccccc4C(C)C)c(=O)c4ccccc4n23)c1C. The molecule has 7 nitrogen and oxygen atoms in total. The second kappa shape index (κ2) is 9.62. The van der Waals surface area contributed by atoms with Gasteiger partial charge in [-0.05, 0) is 60.7 Å². The number of fused-ring (bicyclic) bond motifs is 3. The molecule has 0 bridgehead atoms. The lowest BCUT2D eigenvalue weighted by molar-refractivity contribution is -0.113. The number of amides is 1. The Hall–Kier alpha value is -3.91. The number of aromatic nitrogens is 4. The minimum absolute atomic E-state index is 0.131. The molecule has 0 fully saturated rings. The first kappa shape index (κ1) is 23.8. The standard InChI is InChI=1S/C28H27N5O2S/c1-17(2)20-11-5-7-14-23(20)32-26(35)21-12-6-8-15-24(21)33-27(32)30-31-28(33)36-16-25(34)29-22-13-9-10-18(3)19(22)4/h5-15,17H,16H2,1-4H3,(H,29,34). The lowest BCUT2D eigenvalue weighted by Crippen LogP contribution is -2.23. The molecule has 0 spiro atoms. The Morgan fingerprint density at radius 2 is 1.72 bits per heavy atom. The number of hydrogen-bond acceptors (Lipinski definition) is 5. The molecule has 0 radical (unpaired) electrons. The number of hydrogen-bond donors (Lipinski definition) is 1. The third-order valence-corrected chi connectivity index (χ3v) is 7.33. The van der Waals surface area contributed by atoms with E-state index in [1.807, 2.05) is 85.0 Å². The molecule has 0 aliphatic rings. The topological polar surface area (TPSA) is 81.3 Å². The summed E-state index contributed by atoms with van der Waals surface area (Å²) in [5.41, 5.74) is 5.35. The zero-order valence-corrected chi connectivity index (χ0v) is 21.5. The van der Waals surface area contributed by atoms with Gasteiger partial charge < -0.3 is 5.32 Å². The summed E-state index contributed by atoms with van der Waals surface area (Å²) in [6.07, 6.45) is 0. The molecule has 5 aromatic rings. The molecule has 36 heavy (non-hydrogen) atoms. The Balaban J connectivity index is 1.58. The highest BCUT2D eigenvalue weighted by atomic mass is 32.2. The summed E-state index contributed by atoms with van der Waals surface area (Å²) in [6.45, 7) is 8.21. The number of benzene rings is 3. The van der Waals surface area contributed by atoms with Gasteiger partial charge in [0.15, 0.2) is 5.16 Å². The number of thioether (sulfide) groups is 1. The summed E-state index contributed by atoms with van der Waals surface area (Å²) in [5.74, 6) is 0.659. The van der Waals surface area contributed by atoms with E-state index in [0.717, 1.165) is 28.1 Å². The van der Waals surface area contributed by atoms with Gasteiger partial charge in [0.25, 0.3) is 5.56 Å². The van der Waals surface area contributed by atoms with Crippen LogP contribution in [-0.4, -0.2) is 30.8 Å². The predicted octanol–water partition coefficient (Wildman–Crippen LogP) is 5.50. The van der Waals surface area contributed by atoms with E-state index in [4.69, 9.17) is 0 Å². The summed E-state index contributed by atoms with van der Waals surface area (Å²) in [7, 11) is 0. The number of nitrogens with zero attached hydrogens (tertiary/aromatic N) is 4. The zero-order chi connectivity index (χ0) is 25.4. The van der Waals surface area contributed by atoms with E-state index >= 15 is 0 Å². The number of aryl methyl sites for hydroxylation is 1. The van der Waals surface area contributed by atoms with E-state index in [2.05, 4.69) is 29.4 Å². The second-order valence-corrected chi connectivity index (χ2v) is 10.0. The Morgan fingerprint density at radius 3 is 2.53 bits per heavy atom. The minimum Gasteiger partial charge on any atom is -0.325 e. The molecule has 2 heterocycles. The van der Waals surface area contributed by atoms with E-state index < -0.39 is 0 Å². The molecule has 0 atom stereocenters. The van der Waals surface area contributed by atoms with Gasteiger partial charge in [-0.1, -0.05) is 68.1 Å². The zero-order valence-electron chi connectivity index (χ0n) is 20.6. The van der Waals surface area contributed by atoms with Crippen molar-refractivity contribution in [3.8, 4) is 5.69 Å². The molecule has 0 aliphatic heterocycles. The second-order valence-electron chi connectivity index (χ2n) is 9.07. The van der Waals surface area contributed by atoms with Crippen LogP contribution in [-0.2, 0) is 4.79 Å². The van der Waals surface area contributed by atoms with E-state index in [1.165, 1.54) is 11.8 Å². The molecule has 1 N–H and O–H groups in total. The van der Waals surface area contributed by atoms with Crippen LogP contribution in [0.4, 0.5) is 5.69 Å². The fourth-order valence-corrected chi connectivity index (χ4v) is 5.11. The van der Waals surface area contributed by atoms with Crippen LogP contribution in [0.2, 0.25) is 0 Å². The van der Waals surface area contributed by atoms with Crippen molar-refractivity contribution in [2.75, 3.05) is 11.1 Å². The van der Waals surface area contributed by atoms with Crippen molar-refractivity contribution in [1.29, 1.82) is 0 Å². The van der Waals surface area contributed by atoms with Gasteiger partial charge in [0.05, 0.1) is 22.3 Å². The van der Waals surface area contributed by atoms with Crippen LogP contribution in [0.25, 0.3) is 22.4 Å². The van der Waals surface area contributed by atoms with Crippen LogP contribution in [0.1, 0.15) is 36.5 Å². The van der Waals surface area contributed by atoms with E-state index in [1.54, 1.807) is 4.57 Å². The molecule has 0 saturated heterocycles. The molecule has 0 unspecified atom stereocenters. The Bertz CT molecular complexity index is 1670. The van der Waals surface area contributed by atoms with E-state index in [0.29, 0.717) is 21.8 Å². The summed E-state index contributed by atoms with van der Waals surface area (Å²) in [5, 5.41) is 12.9. The molecule has 182 valence electrons. The molecule has 2 aromatic heterocycles. The first-order valence-electron chi connectivity index (χ1n) is 11.8. The van der Waals surface area contributed by atoms with Crippen LogP contribution in [0.15, 0.2) is 76.7 Å². The molecular weight excluding hydrogens is 470 g/mol. The smallest absolute Gasteiger partial charge is 0.267 e. The summed E-state index contributed by atoms with van der Waals surface area (Å²) in [6, 6.07) is 21.1. The molecule has 1 amide bonds. The van der Waals surface area contributed by atoms with Crippen LogP contribution in [0.5, 0.6) is 0 Å². The highest BCUT2D eigenvalue weighted by Gasteiger charge is 2.20. The first-order valence-corrected chi connectivity index (χ1v) is 12.8. The first-order chi connectivity index (χ1) is 17.4. The Kier molecular flexibility index (Phi) is 6.36. The quantitative estimate of drug-likeness (QED) is 0.313. The highest BCUT2D eigenvalue weighted by molar-refractivity contribution is 7.99. The highest BCUT2D eigenvalue weighted by Crippen LogP contribution is 2.27. The lowest BCUT2D eigenvalue weighted by Gasteiger charge is -2.16. The molecule has 0 saturated carbocycles. The van der Waals surface area contributed by atoms with Crippen molar-refractivity contribution >= 4 is 40.0 Å². The van der Waals surface area contributed by atoms with Crippen LogP contribution in [0.3, 0.4) is 0 Å². The monoisotopic (exact) mass is 497 g/mol. The van der Waals surface area contributed by atoms with Crippen molar-refractivity contribution < 1.29 is 4.79 Å². The van der Waals surface area contributed by atoms with Gasteiger partial charge in [0, 0.05) is 5.69 Å². The van der Waals surface area contributed by atoms with E-state index in [-0.39, 0.29) is 23.1 Å². The largest absolute Gasteiger partial charge is 0.325 e. The minimum atomic E-state index is -0.150. The van der Waals surface area contributed by atoms with Crippen LogP contribution in [0, 0.1) is 13.8 Å². The summed E-state index contributed by atoms with van der Waals surface area (Å²) < 4.78 is 3.49. The van der Waals surface area contributed by atoms with Gasteiger partial charge in [-0.2, -0.15) is 0 Å². The van der Waals surface area contributed by atoms with Gasteiger partial charge in [-0.15, -0.1) is 10.2 Å². The molecular formula is C28H27N5O2S. The molecule has 8 heteroatoms. The maximum absolute atomic E-state index is 13.7. The van der Waals surface area contributed by atoms with Gasteiger partial charge in [-0.25, -0.2) is 4.57 Å². The molecule has 5 rings (SSSR count). The van der Waals surface area contributed by atoms with E-state index in [9.17, 15) is 9.59 Å². The number of rotatable bonds is 6. The fraction of sp³-hybridized carbons (Fsp3) is 0.214. The maximum Gasteiger partial charge on any atom is 0.267 e. The lowest BCUT2D eigenvalue weighted by atomic mass is 10.0. The fourth-order valence-electron chi connectivity index (χ4n) is 4.37. The van der Waals surface area contributed by atoms with Crippen molar-refractivity contribution in [2.45, 2.75) is 38.8 Å². The number of carbonyl (C=O) groups excluding carboxylic acids is 1. The van der Waals surface area contributed by atoms with Gasteiger partial charge in [-0.3, -0.25) is 14.0 Å². The molecule has 0 aliphatic carbocycles. The van der Waals surface area contributed by atoms with Gasteiger partial charge >= 0.3 is 0 Å². The summed E-state index contributed by atoms with van der Waals surface area (Å²) in [4.78, 5) is 26.5. The van der Waals surface area contributed by atoms with Crippen molar-refractivity contribution in [1.82, 2.24) is 19.2 Å². The Morgan fingerprint density at radius 1 is 0.972 bits per heavy atom. The maximum atomic E-state index is 13.7. The van der Waals surface area contributed by atoms with Gasteiger partial charge in [0.2, 0.25) is 11.7 Å². The number of para-hydroxylation sites is 2.